The molecule has 5 rings (SSSR count). The van der Waals surface area contributed by atoms with Crippen molar-refractivity contribution in [2.45, 2.75) is 33.7 Å². The Morgan fingerprint density at radius 1 is 1.06 bits per heavy atom. The van der Waals surface area contributed by atoms with Crippen molar-refractivity contribution < 1.29 is 9.21 Å². The van der Waals surface area contributed by atoms with Gasteiger partial charge in [-0.2, -0.15) is 5.10 Å². The van der Waals surface area contributed by atoms with Crippen molar-refractivity contribution >= 4 is 28.3 Å². The summed E-state index contributed by atoms with van der Waals surface area (Å²) in [7, 11) is 2.15. The highest BCUT2D eigenvalue weighted by atomic mass is 16.3. The molecule has 1 amide bonds. The minimum atomic E-state index is -0.188. The van der Waals surface area contributed by atoms with E-state index in [1.165, 1.54) is 5.69 Å². The van der Waals surface area contributed by atoms with E-state index >= 15 is 0 Å². The van der Waals surface area contributed by atoms with E-state index in [-0.39, 0.29) is 11.9 Å². The second-order valence-corrected chi connectivity index (χ2v) is 9.59. The smallest absolute Gasteiger partial charge is 0.256 e. The first-order valence-electron chi connectivity index (χ1n) is 12.1. The number of likely N-dealkylation sites (N-methyl/N-ethyl adjacent to an activating group) is 1. The van der Waals surface area contributed by atoms with Crippen molar-refractivity contribution in [2.75, 3.05) is 43.4 Å². The molecule has 0 bridgehead atoms. The molecule has 182 valence electrons. The monoisotopic (exact) mass is 472 g/mol. The first kappa shape index (κ1) is 23.1. The van der Waals surface area contributed by atoms with Gasteiger partial charge in [0.15, 0.2) is 5.65 Å². The minimum absolute atomic E-state index is 0.112. The maximum atomic E-state index is 13.5. The SMILES string of the molecule is Cc1cc(-c2cc(C(=O)Nc3ccc(N4CCN(C)CC4)cc3)c3cnn(C(C)C)c3n2)c(C)o1. The molecule has 1 aliphatic rings. The lowest BCUT2D eigenvalue weighted by Crippen LogP contribution is -2.44. The topological polar surface area (TPSA) is 79.4 Å². The van der Waals surface area contributed by atoms with E-state index in [1.807, 2.05) is 42.8 Å². The number of carbonyl (C=O) groups is 1. The van der Waals surface area contributed by atoms with Gasteiger partial charge in [0, 0.05) is 49.2 Å². The number of piperazine rings is 1. The summed E-state index contributed by atoms with van der Waals surface area (Å²) in [6, 6.07) is 12.0. The van der Waals surface area contributed by atoms with Crippen molar-refractivity contribution in [1.29, 1.82) is 0 Å². The van der Waals surface area contributed by atoms with Gasteiger partial charge in [-0.05, 0) is 71.1 Å². The zero-order chi connectivity index (χ0) is 24.7. The van der Waals surface area contributed by atoms with Gasteiger partial charge in [0.05, 0.1) is 22.8 Å². The molecule has 0 atom stereocenters. The van der Waals surface area contributed by atoms with Crippen LogP contribution in [0.2, 0.25) is 0 Å². The molecule has 4 heterocycles. The lowest BCUT2D eigenvalue weighted by Gasteiger charge is -2.34. The lowest BCUT2D eigenvalue weighted by molar-refractivity contribution is 0.102. The third-order valence-corrected chi connectivity index (χ3v) is 6.61. The number of anilines is 2. The largest absolute Gasteiger partial charge is 0.466 e. The number of carbonyl (C=O) groups excluding carboxylic acids is 1. The van der Waals surface area contributed by atoms with Crippen molar-refractivity contribution in [3.05, 3.63) is 59.7 Å². The molecule has 0 saturated carbocycles. The molecule has 1 N–H and O–H groups in total. The van der Waals surface area contributed by atoms with Gasteiger partial charge in [-0.1, -0.05) is 0 Å². The number of furan rings is 1. The molecular formula is C27H32N6O2. The van der Waals surface area contributed by atoms with Crippen LogP contribution in [0.5, 0.6) is 0 Å². The maximum absolute atomic E-state index is 13.5. The van der Waals surface area contributed by atoms with E-state index in [0.29, 0.717) is 16.9 Å². The maximum Gasteiger partial charge on any atom is 0.256 e. The second-order valence-electron chi connectivity index (χ2n) is 9.59. The number of pyridine rings is 1. The summed E-state index contributed by atoms with van der Waals surface area (Å²) in [5.74, 6) is 1.39. The number of hydrogen-bond acceptors (Lipinski definition) is 6. The highest BCUT2D eigenvalue weighted by Crippen LogP contribution is 2.30. The fraction of sp³-hybridized carbons (Fsp3) is 0.370. The van der Waals surface area contributed by atoms with Crippen LogP contribution in [0.1, 0.15) is 41.8 Å². The summed E-state index contributed by atoms with van der Waals surface area (Å²) in [6.07, 6.45) is 1.73. The van der Waals surface area contributed by atoms with Gasteiger partial charge in [0.2, 0.25) is 0 Å². The van der Waals surface area contributed by atoms with Crippen LogP contribution < -0.4 is 10.2 Å². The van der Waals surface area contributed by atoms with Crippen LogP contribution in [-0.2, 0) is 0 Å². The van der Waals surface area contributed by atoms with Gasteiger partial charge in [-0.25, -0.2) is 9.67 Å². The number of fused-ring (bicyclic) bond motifs is 1. The average molecular weight is 473 g/mol. The van der Waals surface area contributed by atoms with E-state index in [0.717, 1.165) is 54.3 Å². The molecule has 1 saturated heterocycles. The third kappa shape index (κ3) is 4.53. The molecule has 0 unspecified atom stereocenters. The van der Waals surface area contributed by atoms with Crippen LogP contribution in [0.3, 0.4) is 0 Å². The number of nitrogens with zero attached hydrogens (tertiary/aromatic N) is 5. The third-order valence-electron chi connectivity index (χ3n) is 6.61. The Morgan fingerprint density at radius 3 is 2.40 bits per heavy atom. The summed E-state index contributed by atoms with van der Waals surface area (Å²) in [5.41, 5.74) is 4.74. The molecule has 0 radical (unpaired) electrons. The van der Waals surface area contributed by atoms with E-state index in [2.05, 4.69) is 53.2 Å². The first-order chi connectivity index (χ1) is 16.8. The predicted molar refractivity (Wildman–Crippen MR) is 139 cm³/mol. The van der Waals surface area contributed by atoms with Crippen LogP contribution in [-0.4, -0.2) is 58.8 Å². The zero-order valence-corrected chi connectivity index (χ0v) is 21.0. The Kier molecular flexibility index (Phi) is 6.06. The van der Waals surface area contributed by atoms with Gasteiger partial charge in [-0.3, -0.25) is 4.79 Å². The van der Waals surface area contributed by atoms with Gasteiger partial charge < -0.3 is 19.5 Å². The number of rotatable bonds is 5. The fourth-order valence-electron chi connectivity index (χ4n) is 4.63. The summed E-state index contributed by atoms with van der Waals surface area (Å²) in [6.45, 7) is 12.0. The van der Waals surface area contributed by atoms with Gasteiger partial charge in [0.1, 0.15) is 11.5 Å². The first-order valence-corrected chi connectivity index (χ1v) is 12.1. The van der Waals surface area contributed by atoms with Crippen molar-refractivity contribution in [3.8, 4) is 11.3 Å². The van der Waals surface area contributed by atoms with Crippen LogP contribution in [0, 0.1) is 13.8 Å². The van der Waals surface area contributed by atoms with Gasteiger partial charge in [0.25, 0.3) is 5.91 Å². The summed E-state index contributed by atoms with van der Waals surface area (Å²) in [5, 5.41) is 8.32. The standard InChI is InChI=1S/C27H32N6O2/c1-17(2)33-26-24(16-28-33)23(15-25(30-26)22-14-18(3)35-19(22)4)27(34)29-20-6-8-21(9-7-20)32-12-10-31(5)11-13-32/h6-9,14-17H,10-13H2,1-5H3,(H,29,34). The van der Waals surface area contributed by atoms with Crippen molar-refractivity contribution in [2.24, 2.45) is 0 Å². The predicted octanol–water partition coefficient (Wildman–Crippen LogP) is 4.89. The number of benzene rings is 1. The number of hydrogen-bond donors (Lipinski definition) is 1. The second kappa shape index (κ2) is 9.19. The Morgan fingerprint density at radius 2 is 1.77 bits per heavy atom. The quantitative estimate of drug-likeness (QED) is 0.445. The summed E-state index contributed by atoms with van der Waals surface area (Å²) < 4.78 is 7.58. The molecule has 8 heteroatoms. The molecule has 0 aliphatic carbocycles. The Labute approximate surface area is 205 Å². The minimum Gasteiger partial charge on any atom is -0.466 e. The zero-order valence-electron chi connectivity index (χ0n) is 21.0. The van der Waals surface area contributed by atoms with Crippen LogP contribution in [0.4, 0.5) is 11.4 Å². The summed E-state index contributed by atoms with van der Waals surface area (Å²) in [4.78, 5) is 23.1. The average Bonchev–Trinajstić information content (AvgIpc) is 3.42. The molecule has 35 heavy (non-hydrogen) atoms. The van der Waals surface area contributed by atoms with Crippen LogP contribution in [0.15, 0.2) is 47.0 Å². The van der Waals surface area contributed by atoms with E-state index < -0.39 is 0 Å². The highest BCUT2D eigenvalue weighted by molar-refractivity contribution is 6.12. The Hall–Kier alpha value is -3.65. The number of nitrogens with one attached hydrogen (secondary N) is 1. The fourth-order valence-corrected chi connectivity index (χ4v) is 4.63. The highest BCUT2D eigenvalue weighted by Gasteiger charge is 2.21. The van der Waals surface area contributed by atoms with E-state index in [1.54, 1.807) is 6.20 Å². The molecule has 0 spiro atoms. The van der Waals surface area contributed by atoms with E-state index in [9.17, 15) is 4.79 Å². The lowest BCUT2D eigenvalue weighted by atomic mass is 10.1. The van der Waals surface area contributed by atoms with Gasteiger partial charge >= 0.3 is 0 Å². The molecule has 1 aliphatic heterocycles. The molecule has 4 aromatic rings. The molecule has 3 aromatic heterocycles. The van der Waals surface area contributed by atoms with Crippen LogP contribution in [0.25, 0.3) is 22.3 Å². The van der Waals surface area contributed by atoms with Crippen molar-refractivity contribution in [1.82, 2.24) is 19.7 Å². The summed E-state index contributed by atoms with van der Waals surface area (Å²) >= 11 is 0. The number of aryl methyl sites for hydroxylation is 2. The molecular weight excluding hydrogens is 440 g/mol. The Balaban J connectivity index is 1.46. The Bertz CT molecular complexity index is 1360. The normalized spacial score (nSPS) is 14.7. The van der Waals surface area contributed by atoms with Gasteiger partial charge in [-0.15, -0.1) is 0 Å². The molecule has 1 aromatic carbocycles. The van der Waals surface area contributed by atoms with Crippen LogP contribution >= 0.6 is 0 Å². The molecule has 8 nitrogen and oxygen atoms in total. The molecule has 1 fully saturated rings. The number of aromatic nitrogens is 3. The number of amides is 1. The van der Waals surface area contributed by atoms with E-state index in [4.69, 9.17) is 9.40 Å². The van der Waals surface area contributed by atoms with Crippen molar-refractivity contribution in [3.63, 3.8) is 0 Å².